The number of nitrogens with one attached hydrogen (secondary N) is 1. The summed E-state index contributed by atoms with van der Waals surface area (Å²) in [5.41, 5.74) is 7.41. The monoisotopic (exact) mass is 333 g/mol. The Morgan fingerprint density at radius 2 is 2.05 bits per heavy atom. The molecule has 6 heteroatoms. The molecule has 1 aromatic carbocycles. The second kappa shape index (κ2) is 8.59. The fourth-order valence-electron chi connectivity index (χ4n) is 2.01. The molecule has 0 aliphatic heterocycles. The Bertz CT molecular complexity index is 478. The Morgan fingerprint density at radius 1 is 1.43 bits per heavy atom. The number of hydrogen-bond donors (Lipinski definition) is 2. The summed E-state index contributed by atoms with van der Waals surface area (Å²) < 4.78 is 0. The number of hydrogen-bond acceptors (Lipinski definition) is 3. The zero-order valence-corrected chi connectivity index (χ0v) is 14.6. The average Bonchev–Trinajstić information content (AvgIpc) is 2.32. The Balaban J connectivity index is 0.00000400. The van der Waals surface area contributed by atoms with Crippen LogP contribution in [0, 0.1) is 12.3 Å². The van der Waals surface area contributed by atoms with Crippen molar-refractivity contribution in [3.05, 3.63) is 28.8 Å². The molecule has 0 heterocycles. The minimum absolute atomic E-state index is 0. The van der Waals surface area contributed by atoms with Gasteiger partial charge in [0.05, 0.1) is 17.3 Å². The lowest BCUT2D eigenvalue weighted by Crippen LogP contribution is -2.40. The van der Waals surface area contributed by atoms with E-state index in [0.717, 1.165) is 12.1 Å². The van der Waals surface area contributed by atoms with Crippen LogP contribution in [0.1, 0.15) is 19.4 Å². The van der Waals surface area contributed by atoms with Gasteiger partial charge in [-0.25, -0.2) is 0 Å². The zero-order chi connectivity index (χ0) is 15.3. The van der Waals surface area contributed by atoms with Crippen molar-refractivity contribution in [3.63, 3.8) is 0 Å². The minimum atomic E-state index is -0.0777. The smallest absolute Gasteiger partial charge is 0.238 e. The largest absolute Gasteiger partial charge is 0.330 e. The first-order chi connectivity index (χ1) is 9.23. The molecule has 1 rings (SSSR count). The highest BCUT2D eigenvalue weighted by Crippen LogP contribution is 2.22. The lowest BCUT2D eigenvalue weighted by atomic mass is 9.93. The predicted octanol–water partition coefficient (Wildman–Crippen LogP) is 2.93. The van der Waals surface area contributed by atoms with Gasteiger partial charge in [0.15, 0.2) is 0 Å². The van der Waals surface area contributed by atoms with Gasteiger partial charge in [-0.2, -0.15) is 0 Å². The Labute approximate surface area is 138 Å². The highest BCUT2D eigenvalue weighted by molar-refractivity contribution is 6.33. The fraction of sp³-hybridized carbons (Fsp3) is 0.533. The van der Waals surface area contributed by atoms with Crippen LogP contribution in [-0.4, -0.2) is 37.5 Å². The van der Waals surface area contributed by atoms with Gasteiger partial charge in [-0.15, -0.1) is 12.4 Å². The van der Waals surface area contributed by atoms with Crippen molar-refractivity contribution >= 4 is 35.6 Å². The number of likely N-dealkylation sites (N-methyl/N-ethyl adjacent to an activating group) is 1. The van der Waals surface area contributed by atoms with E-state index >= 15 is 0 Å². The number of anilines is 1. The number of amides is 1. The molecule has 4 nitrogen and oxygen atoms in total. The predicted molar refractivity (Wildman–Crippen MR) is 92.4 cm³/mol. The van der Waals surface area contributed by atoms with E-state index in [4.69, 9.17) is 17.3 Å². The summed E-state index contributed by atoms with van der Waals surface area (Å²) in [4.78, 5) is 14.0. The van der Waals surface area contributed by atoms with E-state index in [2.05, 4.69) is 19.2 Å². The number of benzene rings is 1. The van der Waals surface area contributed by atoms with Crippen molar-refractivity contribution in [3.8, 4) is 0 Å². The van der Waals surface area contributed by atoms with Crippen LogP contribution in [-0.2, 0) is 4.79 Å². The van der Waals surface area contributed by atoms with Crippen molar-refractivity contribution in [1.82, 2.24) is 4.90 Å². The summed E-state index contributed by atoms with van der Waals surface area (Å²) in [6.07, 6.45) is 0. The van der Waals surface area contributed by atoms with Gasteiger partial charge in [-0.3, -0.25) is 9.69 Å². The van der Waals surface area contributed by atoms with Gasteiger partial charge < -0.3 is 11.1 Å². The van der Waals surface area contributed by atoms with Gasteiger partial charge >= 0.3 is 0 Å². The molecule has 0 radical (unpaired) electrons. The molecule has 0 spiro atoms. The maximum atomic E-state index is 12.0. The summed E-state index contributed by atoms with van der Waals surface area (Å²) >= 11 is 6.09. The third-order valence-corrected chi connectivity index (χ3v) is 3.38. The Hall–Kier alpha value is -0.810. The minimum Gasteiger partial charge on any atom is -0.330 e. The van der Waals surface area contributed by atoms with Gasteiger partial charge in [-0.05, 0) is 43.6 Å². The first kappa shape index (κ1) is 20.2. The molecule has 0 saturated carbocycles. The van der Waals surface area contributed by atoms with E-state index in [1.807, 2.05) is 37.1 Å². The van der Waals surface area contributed by atoms with Crippen LogP contribution >= 0.6 is 24.0 Å². The van der Waals surface area contributed by atoms with E-state index in [0.29, 0.717) is 23.8 Å². The van der Waals surface area contributed by atoms with Gasteiger partial charge in [0.2, 0.25) is 5.91 Å². The first-order valence-electron chi connectivity index (χ1n) is 6.68. The molecule has 0 aliphatic carbocycles. The molecule has 0 saturated heterocycles. The summed E-state index contributed by atoms with van der Waals surface area (Å²) in [6, 6.07) is 5.57. The summed E-state index contributed by atoms with van der Waals surface area (Å²) in [7, 11) is 1.91. The van der Waals surface area contributed by atoms with Crippen molar-refractivity contribution < 1.29 is 4.79 Å². The van der Waals surface area contributed by atoms with Crippen LogP contribution in [0.3, 0.4) is 0 Å². The molecule has 0 bridgehead atoms. The fourth-order valence-corrected chi connectivity index (χ4v) is 2.29. The van der Waals surface area contributed by atoms with Crippen LogP contribution in [0.4, 0.5) is 5.69 Å². The van der Waals surface area contributed by atoms with E-state index in [-0.39, 0.29) is 23.7 Å². The highest BCUT2D eigenvalue weighted by Gasteiger charge is 2.19. The van der Waals surface area contributed by atoms with E-state index in [9.17, 15) is 4.79 Å². The second-order valence-electron chi connectivity index (χ2n) is 6.07. The summed E-state index contributed by atoms with van der Waals surface area (Å²) in [5.74, 6) is -0.0777. The number of carbonyl (C=O) groups is 1. The molecular formula is C15H25Cl2N3O. The standard InChI is InChI=1S/C15H24ClN3O.ClH/c1-11-5-6-13(12(16)7-11)18-14(20)8-19(4)10-15(2,3)9-17;/h5-7H,8-10,17H2,1-4H3,(H,18,20);1H. The van der Waals surface area contributed by atoms with Gasteiger partial charge in [0.1, 0.15) is 0 Å². The van der Waals surface area contributed by atoms with Gasteiger partial charge in [-0.1, -0.05) is 31.5 Å². The number of rotatable bonds is 6. The quantitative estimate of drug-likeness (QED) is 0.841. The van der Waals surface area contributed by atoms with E-state index in [1.54, 1.807) is 0 Å². The second-order valence-corrected chi connectivity index (χ2v) is 6.48. The Morgan fingerprint density at radius 3 is 2.57 bits per heavy atom. The molecular weight excluding hydrogens is 309 g/mol. The molecule has 1 aromatic rings. The van der Waals surface area contributed by atoms with Crippen LogP contribution in [0.15, 0.2) is 18.2 Å². The maximum absolute atomic E-state index is 12.0. The molecule has 1 amide bonds. The van der Waals surface area contributed by atoms with Crippen LogP contribution < -0.4 is 11.1 Å². The molecule has 0 atom stereocenters. The van der Waals surface area contributed by atoms with Crippen LogP contribution in [0.5, 0.6) is 0 Å². The first-order valence-corrected chi connectivity index (χ1v) is 7.06. The normalized spacial score (nSPS) is 11.2. The molecule has 3 N–H and O–H groups in total. The molecule has 120 valence electrons. The van der Waals surface area contributed by atoms with Crippen LogP contribution in [0.25, 0.3) is 0 Å². The van der Waals surface area contributed by atoms with E-state index in [1.165, 1.54) is 0 Å². The Kier molecular flexibility index (Phi) is 8.26. The van der Waals surface area contributed by atoms with Crippen molar-refractivity contribution in [2.24, 2.45) is 11.1 Å². The molecule has 0 fully saturated rings. The van der Waals surface area contributed by atoms with Gasteiger partial charge in [0.25, 0.3) is 0 Å². The van der Waals surface area contributed by atoms with Crippen molar-refractivity contribution in [1.29, 1.82) is 0 Å². The maximum Gasteiger partial charge on any atom is 0.238 e. The lowest BCUT2D eigenvalue weighted by molar-refractivity contribution is -0.117. The molecule has 0 aliphatic rings. The van der Waals surface area contributed by atoms with Crippen molar-refractivity contribution in [2.45, 2.75) is 20.8 Å². The molecule has 0 unspecified atom stereocenters. The molecule has 21 heavy (non-hydrogen) atoms. The summed E-state index contributed by atoms with van der Waals surface area (Å²) in [6.45, 7) is 7.78. The SMILES string of the molecule is Cc1ccc(NC(=O)CN(C)CC(C)(C)CN)c(Cl)c1.Cl. The van der Waals surface area contributed by atoms with Crippen LogP contribution in [0.2, 0.25) is 5.02 Å². The number of aryl methyl sites for hydroxylation is 1. The zero-order valence-electron chi connectivity index (χ0n) is 13.1. The van der Waals surface area contributed by atoms with Crippen molar-refractivity contribution in [2.75, 3.05) is 32.0 Å². The average molecular weight is 334 g/mol. The summed E-state index contributed by atoms with van der Waals surface area (Å²) in [5, 5.41) is 3.39. The van der Waals surface area contributed by atoms with E-state index < -0.39 is 0 Å². The molecule has 0 aromatic heterocycles. The number of carbonyl (C=O) groups excluding carboxylic acids is 1. The topological polar surface area (TPSA) is 58.4 Å². The third kappa shape index (κ3) is 7.14. The highest BCUT2D eigenvalue weighted by atomic mass is 35.5. The number of nitrogens with zero attached hydrogens (tertiary/aromatic N) is 1. The number of nitrogens with two attached hydrogens (primary N) is 1. The lowest BCUT2D eigenvalue weighted by Gasteiger charge is -2.28. The number of halogens is 2. The third-order valence-electron chi connectivity index (χ3n) is 3.06. The van der Waals surface area contributed by atoms with Gasteiger partial charge in [0, 0.05) is 6.54 Å².